The van der Waals surface area contributed by atoms with Crippen LogP contribution >= 0.6 is 0 Å². The van der Waals surface area contributed by atoms with Gasteiger partial charge in [-0.3, -0.25) is 14.5 Å². The Balaban J connectivity index is 1.29. The van der Waals surface area contributed by atoms with Crippen LogP contribution in [-0.4, -0.2) is 78.8 Å². The molecule has 2 aliphatic heterocycles. The molecule has 6 nitrogen and oxygen atoms in total. The fourth-order valence-electron chi connectivity index (χ4n) is 11.8. The Morgan fingerprint density at radius 2 is 1.59 bits per heavy atom. The molecule has 0 N–H and O–H groups in total. The highest BCUT2D eigenvalue weighted by Gasteiger charge is 2.67. The van der Waals surface area contributed by atoms with Gasteiger partial charge in [-0.15, -0.1) is 0 Å². The van der Waals surface area contributed by atoms with Crippen LogP contribution in [0.3, 0.4) is 0 Å². The third-order valence-electron chi connectivity index (χ3n) is 14.0. The molecular formula is C35H59N2O4+. The van der Waals surface area contributed by atoms with Gasteiger partial charge in [0.1, 0.15) is 12.1 Å². The predicted octanol–water partition coefficient (Wildman–Crippen LogP) is 6.36. The van der Waals surface area contributed by atoms with Gasteiger partial charge in [-0.25, -0.2) is 0 Å². The summed E-state index contributed by atoms with van der Waals surface area (Å²) in [5.41, 5.74) is 0.375. The topological polar surface area (TPSA) is 55.8 Å². The van der Waals surface area contributed by atoms with E-state index in [-0.39, 0.29) is 29.6 Å². The number of carbonyl (C=O) groups excluding carboxylic acids is 2. The first kappa shape index (κ1) is 29.9. The maximum Gasteiger partial charge on any atom is 0.306 e. The molecule has 232 valence electrons. The highest BCUT2D eigenvalue weighted by atomic mass is 16.5. The van der Waals surface area contributed by atoms with Gasteiger partial charge in [0.25, 0.3) is 0 Å². The number of ether oxygens (including phenoxy) is 2. The first-order chi connectivity index (χ1) is 19.6. The molecule has 6 aliphatic rings. The monoisotopic (exact) mass is 571 g/mol. The number of fused-ring (bicyclic) bond motifs is 5. The number of likely N-dealkylation sites (tertiary alicyclic amines) is 2. The average molecular weight is 572 g/mol. The molecule has 2 heterocycles. The number of esters is 2. The Kier molecular flexibility index (Phi) is 8.33. The van der Waals surface area contributed by atoms with Gasteiger partial charge < -0.3 is 14.0 Å². The Labute approximate surface area is 249 Å². The van der Waals surface area contributed by atoms with E-state index in [0.29, 0.717) is 41.7 Å². The minimum absolute atomic E-state index is 0.00329. The van der Waals surface area contributed by atoms with Gasteiger partial charge in [-0.1, -0.05) is 27.2 Å². The zero-order chi connectivity index (χ0) is 29.0. The van der Waals surface area contributed by atoms with Crippen LogP contribution < -0.4 is 0 Å². The molecule has 0 bridgehead atoms. The average Bonchev–Trinajstić information content (AvgIpc) is 3.26. The van der Waals surface area contributed by atoms with E-state index in [2.05, 4.69) is 25.8 Å². The van der Waals surface area contributed by atoms with Gasteiger partial charge in [0.2, 0.25) is 0 Å². The number of rotatable bonds is 5. The molecule has 2 saturated heterocycles. The van der Waals surface area contributed by atoms with E-state index in [1.807, 2.05) is 6.92 Å². The van der Waals surface area contributed by atoms with Gasteiger partial charge >= 0.3 is 11.9 Å². The van der Waals surface area contributed by atoms with E-state index >= 15 is 0 Å². The summed E-state index contributed by atoms with van der Waals surface area (Å²) in [6, 6.07) is 0.797. The summed E-state index contributed by atoms with van der Waals surface area (Å²) in [6.07, 6.45) is 16.8. The van der Waals surface area contributed by atoms with E-state index < -0.39 is 0 Å². The van der Waals surface area contributed by atoms with Gasteiger partial charge in [0, 0.05) is 31.2 Å². The van der Waals surface area contributed by atoms with Crippen LogP contribution in [0.1, 0.15) is 118 Å². The zero-order valence-electron chi connectivity index (χ0n) is 26.9. The molecule has 6 rings (SSSR count). The molecule has 4 saturated carbocycles. The predicted molar refractivity (Wildman–Crippen MR) is 161 cm³/mol. The molecule has 0 radical (unpaired) electrons. The lowest BCUT2D eigenvalue weighted by Gasteiger charge is -2.62. The second-order valence-corrected chi connectivity index (χ2v) is 16.0. The number of hydrogen-bond acceptors (Lipinski definition) is 5. The number of hydrogen-bond donors (Lipinski definition) is 0. The normalized spacial score (nSPS) is 46.1. The summed E-state index contributed by atoms with van der Waals surface area (Å²) in [5, 5.41) is 0. The smallest absolute Gasteiger partial charge is 0.306 e. The molecule has 6 fully saturated rings. The molecule has 0 spiro atoms. The van der Waals surface area contributed by atoms with E-state index in [1.165, 1.54) is 90.1 Å². The van der Waals surface area contributed by atoms with Crippen LogP contribution in [-0.2, 0) is 19.1 Å². The molecule has 10 atom stereocenters. The van der Waals surface area contributed by atoms with Crippen LogP contribution in [0.25, 0.3) is 0 Å². The lowest BCUT2D eigenvalue weighted by Crippen LogP contribution is -2.61. The summed E-state index contributed by atoms with van der Waals surface area (Å²) in [4.78, 5) is 27.8. The second-order valence-electron chi connectivity index (χ2n) is 16.0. The van der Waals surface area contributed by atoms with Crippen LogP contribution in [0.2, 0.25) is 0 Å². The highest BCUT2D eigenvalue weighted by molar-refractivity contribution is 5.69. The molecule has 0 aromatic rings. The fourth-order valence-corrected chi connectivity index (χ4v) is 11.8. The largest absolute Gasteiger partial charge is 0.461 e. The Bertz CT molecular complexity index is 973. The Morgan fingerprint density at radius 3 is 2.27 bits per heavy atom. The molecule has 41 heavy (non-hydrogen) atoms. The molecule has 0 aromatic heterocycles. The molecule has 0 unspecified atom stereocenters. The molecule has 0 amide bonds. The van der Waals surface area contributed by atoms with Crippen LogP contribution in [0, 0.1) is 34.5 Å². The summed E-state index contributed by atoms with van der Waals surface area (Å²) in [5.74, 6) is 2.59. The number of nitrogens with zero attached hydrogens (tertiary/aromatic N) is 2. The summed E-state index contributed by atoms with van der Waals surface area (Å²) < 4.78 is 13.7. The quantitative estimate of drug-likeness (QED) is 0.284. The van der Waals surface area contributed by atoms with Crippen molar-refractivity contribution in [3.8, 4) is 0 Å². The first-order valence-corrected chi connectivity index (χ1v) is 17.5. The van der Waals surface area contributed by atoms with Crippen LogP contribution in [0.5, 0.6) is 0 Å². The Morgan fingerprint density at radius 1 is 0.878 bits per heavy atom. The third-order valence-corrected chi connectivity index (χ3v) is 14.0. The van der Waals surface area contributed by atoms with E-state index in [0.717, 1.165) is 29.9 Å². The fraction of sp³-hybridized carbons (Fsp3) is 0.943. The van der Waals surface area contributed by atoms with Crippen molar-refractivity contribution in [1.82, 2.24) is 4.90 Å². The van der Waals surface area contributed by atoms with Crippen LogP contribution in [0.4, 0.5) is 0 Å². The summed E-state index contributed by atoms with van der Waals surface area (Å²) in [6.45, 7) is 13.5. The van der Waals surface area contributed by atoms with Crippen LogP contribution in [0.15, 0.2) is 0 Å². The molecule has 4 aliphatic carbocycles. The first-order valence-electron chi connectivity index (χ1n) is 17.5. The van der Waals surface area contributed by atoms with Crippen molar-refractivity contribution >= 4 is 11.9 Å². The zero-order valence-corrected chi connectivity index (χ0v) is 26.9. The second kappa shape index (κ2) is 11.4. The van der Waals surface area contributed by atoms with E-state index in [9.17, 15) is 9.59 Å². The van der Waals surface area contributed by atoms with Crippen molar-refractivity contribution < 1.29 is 23.5 Å². The van der Waals surface area contributed by atoms with Gasteiger partial charge in [0.15, 0.2) is 6.10 Å². The van der Waals surface area contributed by atoms with Crippen molar-refractivity contribution in [3.63, 3.8) is 0 Å². The van der Waals surface area contributed by atoms with Crippen molar-refractivity contribution in [2.45, 2.75) is 142 Å². The highest BCUT2D eigenvalue weighted by Crippen LogP contribution is 2.67. The molecule has 0 aromatic carbocycles. The third kappa shape index (κ3) is 5.19. The minimum Gasteiger partial charge on any atom is -0.461 e. The lowest BCUT2D eigenvalue weighted by atomic mass is 9.44. The summed E-state index contributed by atoms with van der Waals surface area (Å²) >= 11 is 0. The molecule has 6 heteroatoms. The standard InChI is InChI=1S/C35H59N2O4/c1-6-32(39)41-33-30(37(5)19-11-8-12-20-37)22-28-26-14-13-25-21-31(40-24(2)38)29(36-17-9-7-10-18-36)23-35(25,4)27(26)15-16-34(28,33)3/h25-31,33H,6-23H2,1-5H3/q+1/t25-,26+,27-,28-,29-,30-,31-,33+,34-,35-/m0/s1. The van der Waals surface area contributed by atoms with E-state index in [4.69, 9.17) is 9.47 Å². The molecular weight excluding hydrogens is 512 g/mol. The maximum atomic E-state index is 12.9. The lowest BCUT2D eigenvalue weighted by molar-refractivity contribution is -0.940. The number of carbonyl (C=O) groups is 2. The summed E-state index contributed by atoms with van der Waals surface area (Å²) in [7, 11) is 2.48. The van der Waals surface area contributed by atoms with Gasteiger partial charge in [-0.2, -0.15) is 0 Å². The Hall–Kier alpha value is -1.14. The van der Waals surface area contributed by atoms with Crippen molar-refractivity contribution in [2.75, 3.05) is 33.2 Å². The number of piperidine rings is 2. The minimum atomic E-state index is -0.110. The van der Waals surface area contributed by atoms with Crippen molar-refractivity contribution in [2.24, 2.45) is 34.5 Å². The van der Waals surface area contributed by atoms with Gasteiger partial charge in [0.05, 0.1) is 20.1 Å². The SMILES string of the molecule is CCC(=O)O[C@@H]1[C@@H]([N+]2(C)CCCCC2)C[C@H]2[C@@H]3CC[C@H]4C[C@H](OC(C)=O)[C@@H](N5CCCCC5)C[C@]4(C)[C@H]3CC[C@]12C. The van der Waals surface area contributed by atoms with Gasteiger partial charge in [-0.05, 0) is 113 Å². The van der Waals surface area contributed by atoms with E-state index in [1.54, 1.807) is 6.92 Å². The van der Waals surface area contributed by atoms with Crippen molar-refractivity contribution in [1.29, 1.82) is 0 Å². The maximum absolute atomic E-state index is 12.9. The van der Waals surface area contributed by atoms with Crippen molar-refractivity contribution in [3.05, 3.63) is 0 Å². The number of likely N-dealkylation sites (N-methyl/N-ethyl adjacent to an activating group) is 1. The number of quaternary nitrogens is 1.